The van der Waals surface area contributed by atoms with Gasteiger partial charge in [0.2, 0.25) is 0 Å². The second-order valence-corrected chi connectivity index (χ2v) is 3.45. The summed E-state index contributed by atoms with van der Waals surface area (Å²) in [6, 6.07) is 5.41. The maximum absolute atomic E-state index is 5.94. The lowest BCUT2D eigenvalue weighted by atomic mass is 10.2. The fourth-order valence-electron chi connectivity index (χ4n) is 0.963. The van der Waals surface area contributed by atoms with E-state index in [1.807, 2.05) is 18.2 Å². The van der Waals surface area contributed by atoms with Gasteiger partial charge in [-0.05, 0) is 30.2 Å². The normalized spacial score (nSPS) is 10.9. The molecule has 0 aliphatic rings. The average molecular weight is 216 g/mol. The Labute approximate surface area is 88.1 Å². The predicted molar refractivity (Wildman–Crippen MR) is 60.2 cm³/mol. The van der Waals surface area contributed by atoms with Crippen molar-refractivity contribution < 1.29 is 0 Å². The number of rotatable bonds is 3. The molecule has 2 N–H and O–H groups in total. The van der Waals surface area contributed by atoms with E-state index in [-0.39, 0.29) is 0 Å². The van der Waals surface area contributed by atoms with Crippen molar-refractivity contribution in [1.29, 1.82) is 0 Å². The van der Waals surface area contributed by atoms with E-state index in [2.05, 4.69) is 0 Å². The molecule has 3 heteroatoms. The van der Waals surface area contributed by atoms with Gasteiger partial charge in [-0.1, -0.05) is 23.8 Å². The van der Waals surface area contributed by atoms with Gasteiger partial charge in [0.25, 0.3) is 0 Å². The van der Waals surface area contributed by atoms with Crippen LogP contribution < -0.4 is 5.73 Å². The molecule has 0 unspecified atom stereocenters. The third kappa shape index (κ3) is 3.29. The monoisotopic (exact) mass is 215 g/mol. The van der Waals surface area contributed by atoms with Crippen LogP contribution in [-0.2, 0) is 0 Å². The minimum atomic E-state index is 0.621. The molecule has 0 aliphatic carbocycles. The van der Waals surface area contributed by atoms with Gasteiger partial charge in [-0.2, -0.15) is 0 Å². The molecular formula is C10H11Cl2N. The SMILES string of the molecule is Nc1ccc(Cl)c(C=CCCCl)c1. The third-order valence-electron chi connectivity index (χ3n) is 1.59. The van der Waals surface area contributed by atoms with E-state index >= 15 is 0 Å². The molecule has 0 radical (unpaired) electrons. The Hall–Kier alpha value is -0.660. The van der Waals surface area contributed by atoms with Gasteiger partial charge < -0.3 is 5.73 Å². The van der Waals surface area contributed by atoms with Crippen molar-refractivity contribution in [1.82, 2.24) is 0 Å². The highest BCUT2D eigenvalue weighted by molar-refractivity contribution is 6.32. The lowest BCUT2D eigenvalue weighted by Crippen LogP contribution is -1.85. The lowest BCUT2D eigenvalue weighted by molar-refractivity contribution is 1.24. The van der Waals surface area contributed by atoms with Crippen molar-refractivity contribution in [3.63, 3.8) is 0 Å². The summed E-state index contributed by atoms with van der Waals surface area (Å²) in [6.45, 7) is 0. The first-order valence-electron chi connectivity index (χ1n) is 4.01. The molecule has 13 heavy (non-hydrogen) atoms. The largest absolute Gasteiger partial charge is 0.399 e. The van der Waals surface area contributed by atoms with Crippen molar-refractivity contribution >= 4 is 35.0 Å². The fraction of sp³-hybridized carbons (Fsp3) is 0.200. The third-order valence-corrected chi connectivity index (χ3v) is 2.16. The molecule has 1 aromatic rings. The van der Waals surface area contributed by atoms with Crippen LogP contribution in [0.2, 0.25) is 5.02 Å². The minimum Gasteiger partial charge on any atom is -0.399 e. The molecule has 0 spiro atoms. The van der Waals surface area contributed by atoms with Crippen molar-refractivity contribution in [2.24, 2.45) is 0 Å². The first-order chi connectivity index (χ1) is 6.24. The van der Waals surface area contributed by atoms with Crippen LogP contribution in [0.15, 0.2) is 24.3 Å². The van der Waals surface area contributed by atoms with Crippen molar-refractivity contribution in [3.05, 3.63) is 34.9 Å². The van der Waals surface area contributed by atoms with Crippen LogP contribution in [0.4, 0.5) is 5.69 Å². The van der Waals surface area contributed by atoms with Crippen LogP contribution in [0.3, 0.4) is 0 Å². The highest BCUT2D eigenvalue weighted by Gasteiger charge is 1.95. The summed E-state index contributed by atoms with van der Waals surface area (Å²) in [4.78, 5) is 0. The van der Waals surface area contributed by atoms with Gasteiger partial charge in [-0.25, -0.2) is 0 Å². The summed E-state index contributed by atoms with van der Waals surface area (Å²) in [6.07, 6.45) is 4.75. The summed E-state index contributed by atoms with van der Waals surface area (Å²) < 4.78 is 0. The van der Waals surface area contributed by atoms with Gasteiger partial charge >= 0.3 is 0 Å². The highest BCUT2D eigenvalue weighted by Crippen LogP contribution is 2.20. The summed E-state index contributed by atoms with van der Waals surface area (Å²) in [5, 5.41) is 0.708. The maximum Gasteiger partial charge on any atom is 0.0479 e. The van der Waals surface area contributed by atoms with E-state index in [0.717, 1.165) is 17.7 Å². The van der Waals surface area contributed by atoms with E-state index in [9.17, 15) is 0 Å². The fourth-order valence-corrected chi connectivity index (χ4v) is 1.27. The zero-order valence-corrected chi connectivity index (χ0v) is 8.65. The highest BCUT2D eigenvalue weighted by atomic mass is 35.5. The van der Waals surface area contributed by atoms with Crippen molar-refractivity contribution in [2.45, 2.75) is 6.42 Å². The Morgan fingerprint density at radius 3 is 2.85 bits per heavy atom. The maximum atomic E-state index is 5.94. The average Bonchev–Trinajstić information content (AvgIpc) is 2.11. The lowest BCUT2D eigenvalue weighted by Gasteiger charge is -1.99. The number of hydrogen-bond donors (Lipinski definition) is 1. The molecule has 0 amide bonds. The Morgan fingerprint density at radius 1 is 1.38 bits per heavy atom. The first-order valence-corrected chi connectivity index (χ1v) is 4.93. The molecule has 0 heterocycles. The molecule has 1 aromatic carbocycles. The minimum absolute atomic E-state index is 0.621. The van der Waals surface area contributed by atoms with E-state index in [4.69, 9.17) is 28.9 Å². The zero-order valence-electron chi connectivity index (χ0n) is 7.13. The first kappa shape index (κ1) is 10.4. The number of nitrogen functional groups attached to an aromatic ring is 1. The summed E-state index contributed by atoms with van der Waals surface area (Å²) >= 11 is 11.5. The second-order valence-electron chi connectivity index (χ2n) is 2.66. The Balaban J connectivity index is 2.81. The smallest absolute Gasteiger partial charge is 0.0479 e. The van der Waals surface area contributed by atoms with Gasteiger partial charge in [-0.15, -0.1) is 11.6 Å². The molecule has 0 saturated carbocycles. The Bertz CT molecular complexity index is 308. The van der Waals surface area contributed by atoms with E-state index < -0.39 is 0 Å². The Morgan fingerprint density at radius 2 is 2.15 bits per heavy atom. The summed E-state index contributed by atoms with van der Waals surface area (Å²) in [7, 11) is 0. The number of halogens is 2. The molecular weight excluding hydrogens is 205 g/mol. The molecule has 70 valence electrons. The number of allylic oxidation sites excluding steroid dienone is 1. The standard InChI is InChI=1S/C10H11Cl2N/c11-6-2-1-3-8-7-9(13)4-5-10(8)12/h1,3-5,7H,2,6,13H2. The molecule has 0 aromatic heterocycles. The molecule has 1 nitrogen and oxygen atoms in total. The number of benzene rings is 1. The number of nitrogens with two attached hydrogens (primary N) is 1. The van der Waals surface area contributed by atoms with E-state index in [1.165, 1.54) is 0 Å². The van der Waals surface area contributed by atoms with Gasteiger partial charge in [0.15, 0.2) is 0 Å². The number of hydrogen-bond acceptors (Lipinski definition) is 1. The van der Waals surface area contributed by atoms with Gasteiger partial charge in [-0.3, -0.25) is 0 Å². The van der Waals surface area contributed by atoms with Crippen LogP contribution in [-0.4, -0.2) is 5.88 Å². The summed E-state index contributed by atoms with van der Waals surface area (Å²) in [5.74, 6) is 0.621. The van der Waals surface area contributed by atoms with Crippen LogP contribution >= 0.6 is 23.2 Å². The van der Waals surface area contributed by atoms with Gasteiger partial charge in [0.1, 0.15) is 0 Å². The predicted octanol–water partition coefficient (Wildman–Crippen LogP) is 3.56. The second kappa shape index (κ2) is 5.15. The molecule has 0 saturated heterocycles. The molecule has 0 fully saturated rings. The van der Waals surface area contributed by atoms with Crippen molar-refractivity contribution in [3.8, 4) is 0 Å². The number of alkyl halides is 1. The van der Waals surface area contributed by atoms with Crippen LogP contribution in [0.1, 0.15) is 12.0 Å². The summed E-state index contributed by atoms with van der Waals surface area (Å²) in [5.41, 5.74) is 7.27. The molecule has 0 atom stereocenters. The van der Waals surface area contributed by atoms with Crippen LogP contribution in [0, 0.1) is 0 Å². The van der Waals surface area contributed by atoms with Gasteiger partial charge in [0, 0.05) is 16.6 Å². The topological polar surface area (TPSA) is 26.0 Å². The van der Waals surface area contributed by atoms with Crippen LogP contribution in [0.25, 0.3) is 6.08 Å². The van der Waals surface area contributed by atoms with Crippen LogP contribution in [0.5, 0.6) is 0 Å². The zero-order chi connectivity index (χ0) is 9.68. The van der Waals surface area contributed by atoms with E-state index in [0.29, 0.717) is 10.9 Å². The Kier molecular flexibility index (Phi) is 4.13. The molecule has 0 aliphatic heterocycles. The molecule has 0 bridgehead atoms. The number of anilines is 1. The van der Waals surface area contributed by atoms with Gasteiger partial charge in [0.05, 0.1) is 0 Å². The van der Waals surface area contributed by atoms with E-state index in [1.54, 1.807) is 12.1 Å². The quantitative estimate of drug-likeness (QED) is 0.606. The molecule has 1 rings (SSSR count). The van der Waals surface area contributed by atoms with Crippen molar-refractivity contribution in [2.75, 3.05) is 11.6 Å².